The zero-order valence-corrected chi connectivity index (χ0v) is 23.7. The van der Waals surface area contributed by atoms with Gasteiger partial charge in [-0.25, -0.2) is 4.79 Å². The minimum Gasteiger partial charge on any atom is -0.492 e. The molecule has 4 heterocycles. The first-order chi connectivity index (χ1) is 19.5. The minimum atomic E-state index is -4.59. The van der Waals surface area contributed by atoms with Gasteiger partial charge in [0, 0.05) is 77.4 Å². The van der Waals surface area contributed by atoms with Gasteiger partial charge in [-0.15, -0.1) is 10.2 Å². The molecule has 14 heteroatoms. The fourth-order valence-corrected chi connectivity index (χ4v) is 5.11. The van der Waals surface area contributed by atoms with Gasteiger partial charge < -0.3 is 24.2 Å². The summed E-state index contributed by atoms with van der Waals surface area (Å²) < 4.78 is 52.0. The van der Waals surface area contributed by atoms with E-state index in [4.69, 9.17) is 9.47 Å². The van der Waals surface area contributed by atoms with Gasteiger partial charge in [-0.3, -0.25) is 4.90 Å². The van der Waals surface area contributed by atoms with E-state index in [1.165, 1.54) is 0 Å². The van der Waals surface area contributed by atoms with Crippen molar-refractivity contribution in [3.05, 3.63) is 35.9 Å². The Balaban J connectivity index is 1.05. The summed E-state index contributed by atoms with van der Waals surface area (Å²) in [5, 5.41) is 11.2. The Bertz CT molecular complexity index is 1230. The summed E-state index contributed by atoms with van der Waals surface area (Å²) in [5.74, 6) is 0.591. The molecule has 0 unspecified atom stereocenters. The van der Waals surface area contributed by atoms with Crippen molar-refractivity contribution < 1.29 is 27.4 Å². The van der Waals surface area contributed by atoms with E-state index in [1.807, 2.05) is 49.9 Å². The molecule has 2 aromatic rings. The lowest BCUT2D eigenvalue weighted by atomic mass is 10.2. The third-order valence-corrected chi connectivity index (χ3v) is 7.29. The zero-order chi connectivity index (χ0) is 29.2. The first-order valence-electron chi connectivity index (χ1n) is 14.0. The molecule has 224 valence electrons. The van der Waals surface area contributed by atoms with Gasteiger partial charge in [-0.05, 0) is 45.0 Å². The number of hydrogen-bond acceptors (Lipinski definition) is 9. The van der Waals surface area contributed by atoms with Crippen molar-refractivity contribution in [1.82, 2.24) is 29.6 Å². The number of rotatable bonds is 5. The Morgan fingerprint density at radius 2 is 1.54 bits per heavy atom. The van der Waals surface area contributed by atoms with Crippen LogP contribution in [0.1, 0.15) is 38.8 Å². The fraction of sp³-hybridized carbons (Fsp3) is 0.630. The second-order valence-corrected chi connectivity index (χ2v) is 11.4. The number of benzene rings is 1. The van der Waals surface area contributed by atoms with Crippen LogP contribution in [0.3, 0.4) is 0 Å². The summed E-state index contributed by atoms with van der Waals surface area (Å²) >= 11 is 0. The molecular weight excluding hydrogens is 541 g/mol. The van der Waals surface area contributed by atoms with Crippen LogP contribution in [0, 0.1) is 0 Å². The summed E-state index contributed by atoms with van der Waals surface area (Å²) in [7, 11) is 0. The van der Waals surface area contributed by atoms with E-state index in [0.29, 0.717) is 51.5 Å². The van der Waals surface area contributed by atoms with Crippen LogP contribution in [-0.4, -0.2) is 113 Å². The molecule has 0 aliphatic carbocycles. The third-order valence-electron chi connectivity index (χ3n) is 7.29. The van der Waals surface area contributed by atoms with Gasteiger partial charge in [0.15, 0.2) is 5.82 Å². The zero-order valence-electron chi connectivity index (χ0n) is 23.7. The highest BCUT2D eigenvalue weighted by Crippen LogP contribution is 2.30. The average molecular weight is 579 g/mol. The van der Waals surface area contributed by atoms with Crippen molar-refractivity contribution in [3.8, 4) is 5.75 Å². The van der Waals surface area contributed by atoms with Crippen molar-refractivity contribution in [2.45, 2.75) is 45.4 Å². The molecule has 0 radical (unpaired) electrons. The first-order valence-corrected chi connectivity index (χ1v) is 14.0. The Labute approximate surface area is 237 Å². The number of aromatic nitrogens is 3. The summed E-state index contributed by atoms with van der Waals surface area (Å²) in [5.41, 5.74) is 0.578. The van der Waals surface area contributed by atoms with E-state index in [2.05, 4.69) is 25.1 Å². The number of carbonyl (C=O) groups excluding carboxylic acids is 1. The summed E-state index contributed by atoms with van der Waals surface area (Å²) in [6.45, 7) is 12.6. The molecule has 0 saturated carbocycles. The second kappa shape index (κ2) is 11.7. The number of piperazine rings is 2. The Kier molecular flexibility index (Phi) is 8.30. The highest BCUT2D eigenvalue weighted by atomic mass is 19.4. The molecular formula is C27H37F3N8O3. The lowest BCUT2D eigenvalue weighted by Crippen LogP contribution is -2.50. The molecule has 2 fully saturated rings. The molecule has 1 aromatic carbocycles. The molecule has 0 N–H and O–H groups in total. The Morgan fingerprint density at radius 3 is 2.17 bits per heavy atom. The molecule has 0 bridgehead atoms. The van der Waals surface area contributed by atoms with E-state index < -0.39 is 17.6 Å². The highest BCUT2D eigenvalue weighted by molar-refractivity contribution is 5.83. The molecule has 5 rings (SSSR count). The lowest BCUT2D eigenvalue weighted by Gasteiger charge is -2.38. The van der Waals surface area contributed by atoms with E-state index >= 15 is 0 Å². The normalized spacial score (nSPS) is 18.7. The number of amidine groups is 1. The van der Waals surface area contributed by atoms with Crippen LogP contribution < -0.4 is 9.64 Å². The molecule has 11 nitrogen and oxygen atoms in total. The largest absolute Gasteiger partial charge is 0.492 e. The van der Waals surface area contributed by atoms with Crippen molar-refractivity contribution in [3.63, 3.8) is 0 Å². The maximum absolute atomic E-state index is 13.2. The SMILES string of the molecule is CC(C)(C)OC(=O)N1CCN(CCOc2ccc(N3CCN(C4=Nn5c(nnc5C(F)(F)F)CC4)CC3)cc2)CC1. The van der Waals surface area contributed by atoms with Gasteiger partial charge in [0.25, 0.3) is 5.82 Å². The van der Waals surface area contributed by atoms with Gasteiger partial charge in [-0.2, -0.15) is 22.9 Å². The molecule has 1 aromatic heterocycles. The van der Waals surface area contributed by atoms with Crippen LogP contribution in [0.2, 0.25) is 0 Å². The molecule has 2 saturated heterocycles. The number of alkyl halides is 3. The lowest BCUT2D eigenvalue weighted by molar-refractivity contribution is -0.147. The van der Waals surface area contributed by atoms with Crippen LogP contribution in [0.4, 0.5) is 23.7 Å². The van der Waals surface area contributed by atoms with Gasteiger partial charge in [0.1, 0.15) is 23.8 Å². The standard InChI is InChI=1S/C27H37F3N8O3/c1-26(2,3)41-25(39)37-12-10-34(11-13-37)18-19-40-21-6-4-20(5-7-21)35-14-16-36(17-15-35)23-9-8-22-31-32-24(27(28,29)30)38(22)33-23/h4-7H,8-19H2,1-3H3. The van der Waals surface area contributed by atoms with Crippen molar-refractivity contribution >= 4 is 17.6 Å². The van der Waals surface area contributed by atoms with E-state index in [0.717, 1.165) is 48.8 Å². The molecule has 1 amide bonds. The molecule has 3 aliphatic heterocycles. The fourth-order valence-electron chi connectivity index (χ4n) is 5.11. The number of carbonyl (C=O) groups is 1. The number of hydrogen-bond donors (Lipinski definition) is 0. The minimum absolute atomic E-state index is 0.239. The maximum Gasteiger partial charge on any atom is 0.453 e. The maximum atomic E-state index is 13.2. The van der Waals surface area contributed by atoms with Crippen molar-refractivity contribution in [2.75, 3.05) is 70.4 Å². The predicted octanol–water partition coefficient (Wildman–Crippen LogP) is 3.16. The number of ether oxygens (including phenoxy) is 2. The Hall–Kier alpha value is -3.55. The summed E-state index contributed by atoms with van der Waals surface area (Å²) in [4.78, 5) is 20.6. The van der Waals surface area contributed by atoms with Gasteiger partial charge in [0.2, 0.25) is 0 Å². The predicted molar refractivity (Wildman–Crippen MR) is 146 cm³/mol. The van der Waals surface area contributed by atoms with Crippen LogP contribution in [0.5, 0.6) is 5.75 Å². The number of aryl methyl sites for hydroxylation is 1. The number of fused-ring (bicyclic) bond motifs is 1. The molecule has 3 aliphatic rings. The van der Waals surface area contributed by atoms with Gasteiger partial charge in [-0.1, -0.05) is 0 Å². The number of nitrogens with zero attached hydrogens (tertiary/aromatic N) is 8. The molecule has 0 atom stereocenters. The van der Waals surface area contributed by atoms with Crippen LogP contribution in [0.15, 0.2) is 29.4 Å². The number of anilines is 1. The van der Waals surface area contributed by atoms with Gasteiger partial charge in [0.05, 0.1) is 0 Å². The molecule has 0 spiro atoms. The summed E-state index contributed by atoms with van der Waals surface area (Å²) in [6.07, 6.45) is -3.93. The first kappa shape index (κ1) is 29.0. The van der Waals surface area contributed by atoms with E-state index in [1.54, 1.807) is 4.90 Å². The van der Waals surface area contributed by atoms with E-state index in [-0.39, 0.29) is 11.9 Å². The number of amides is 1. The Morgan fingerprint density at radius 1 is 0.878 bits per heavy atom. The highest BCUT2D eigenvalue weighted by Gasteiger charge is 2.40. The third kappa shape index (κ3) is 7.21. The van der Waals surface area contributed by atoms with Crippen LogP contribution in [0.25, 0.3) is 0 Å². The quantitative estimate of drug-likeness (QED) is 0.535. The van der Waals surface area contributed by atoms with Crippen molar-refractivity contribution in [2.24, 2.45) is 5.10 Å². The summed E-state index contributed by atoms with van der Waals surface area (Å²) in [6, 6.07) is 7.97. The van der Waals surface area contributed by atoms with Crippen LogP contribution >= 0.6 is 0 Å². The monoisotopic (exact) mass is 578 g/mol. The van der Waals surface area contributed by atoms with E-state index in [9.17, 15) is 18.0 Å². The second-order valence-electron chi connectivity index (χ2n) is 11.4. The number of halogens is 3. The molecule has 41 heavy (non-hydrogen) atoms. The van der Waals surface area contributed by atoms with Gasteiger partial charge >= 0.3 is 12.3 Å². The van der Waals surface area contributed by atoms with Crippen molar-refractivity contribution in [1.29, 1.82) is 0 Å². The smallest absolute Gasteiger partial charge is 0.453 e. The average Bonchev–Trinajstić information content (AvgIpc) is 3.37. The van der Waals surface area contributed by atoms with Crippen LogP contribution in [-0.2, 0) is 17.3 Å². The topological polar surface area (TPSA) is 91.6 Å².